The zero-order valence-corrected chi connectivity index (χ0v) is 12.9. The summed E-state index contributed by atoms with van der Waals surface area (Å²) < 4.78 is 0. The van der Waals surface area contributed by atoms with Gasteiger partial charge in [-0.2, -0.15) is 0 Å². The summed E-state index contributed by atoms with van der Waals surface area (Å²) in [7, 11) is 0. The summed E-state index contributed by atoms with van der Waals surface area (Å²) in [4.78, 5) is 0. The van der Waals surface area contributed by atoms with Crippen LogP contribution in [0.25, 0.3) is 0 Å². The summed E-state index contributed by atoms with van der Waals surface area (Å²) in [5.41, 5.74) is 0.274. The lowest BCUT2D eigenvalue weighted by Crippen LogP contribution is -2.42. The largest absolute Gasteiger partial charge is 0.385 e. The van der Waals surface area contributed by atoms with Gasteiger partial charge in [-0.25, -0.2) is 0 Å². The first-order valence-electron chi connectivity index (χ1n) is 8.19. The van der Waals surface area contributed by atoms with Crippen LogP contribution in [0.5, 0.6) is 0 Å². The van der Waals surface area contributed by atoms with Gasteiger partial charge in [0.2, 0.25) is 0 Å². The molecule has 0 saturated heterocycles. The van der Waals surface area contributed by atoms with E-state index in [1.807, 2.05) is 24.3 Å². The van der Waals surface area contributed by atoms with Crippen LogP contribution in [0.3, 0.4) is 0 Å². The van der Waals surface area contributed by atoms with Gasteiger partial charge in [0.25, 0.3) is 0 Å². The molecule has 0 spiro atoms. The lowest BCUT2D eigenvalue weighted by molar-refractivity contribution is -0.0834. The van der Waals surface area contributed by atoms with Crippen molar-refractivity contribution in [1.82, 2.24) is 0 Å². The van der Waals surface area contributed by atoms with E-state index in [9.17, 15) is 5.11 Å². The summed E-state index contributed by atoms with van der Waals surface area (Å²) in [5.74, 6) is 1.08. The van der Waals surface area contributed by atoms with Crippen LogP contribution in [0, 0.1) is 11.8 Å². The Balaban J connectivity index is 1.92. The molecule has 1 aromatic carbocycles. The van der Waals surface area contributed by atoms with Crippen LogP contribution < -0.4 is 0 Å². The Morgan fingerprint density at radius 3 is 2.40 bits per heavy atom. The molecule has 3 rings (SSSR count). The Labute approximate surface area is 127 Å². The molecule has 2 aliphatic carbocycles. The standard InChI is InChI=1S/C18H25ClO/c19-17-12-5-4-11-16(17)18(20)13-7-6-10-15(18)14-8-2-1-3-9-14/h4-5,11-12,14-15,20H,1-3,6-10,13H2. The van der Waals surface area contributed by atoms with E-state index >= 15 is 0 Å². The van der Waals surface area contributed by atoms with Gasteiger partial charge in [-0.3, -0.25) is 0 Å². The predicted octanol–water partition coefficient (Wildman–Crippen LogP) is 5.30. The molecule has 0 heterocycles. The fraction of sp³-hybridized carbons (Fsp3) is 0.667. The Bertz CT molecular complexity index is 452. The van der Waals surface area contributed by atoms with Crippen LogP contribution in [0.15, 0.2) is 24.3 Å². The summed E-state index contributed by atoms with van der Waals surface area (Å²) in [6, 6.07) is 7.91. The first-order chi connectivity index (χ1) is 9.72. The average Bonchev–Trinajstić information content (AvgIpc) is 2.49. The molecule has 0 amide bonds. The maximum absolute atomic E-state index is 11.5. The minimum Gasteiger partial charge on any atom is -0.385 e. The minimum absolute atomic E-state index is 0.399. The maximum Gasteiger partial charge on any atom is 0.0941 e. The van der Waals surface area contributed by atoms with Crippen molar-refractivity contribution in [3.05, 3.63) is 34.9 Å². The number of aliphatic hydroxyl groups is 1. The quantitative estimate of drug-likeness (QED) is 0.784. The van der Waals surface area contributed by atoms with Crippen molar-refractivity contribution in [3.63, 3.8) is 0 Å². The SMILES string of the molecule is OC1(c2ccccc2Cl)CCCCC1C1CCCCC1. The molecule has 0 aromatic heterocycles. The monoisotopic (exact) mass is 292 g/mol. The second kappa shape index (κ2) is 6.07. The molecule has 2 fully saturated rings. The second-order valence-electron chi connectivity index (χ2n) is 6.65. The molecule has 110 valence electrons. The van der Waals surface area contributed by atoms with Gasteiger partial charge >= 0.3 is 0 Å². The summed E-state index contributed by atoms with van der Waals surface area (Å²) in [6.45, 7) is 0. The molecule has 0 aliphatic heterocycles. The average molecular weight is 293 g/mol. The molecule has 0 radical (unpaired) electrons. The molecule has 0 bridgehead atoms. The summed E-state index contributed by atoms with van der Waals surface area (Å²) in [6.07, 6.45) is 11.0. The smallest absolute Gasteiger partial charge is 0.0941 e. The Hall–Kier alpha value is -0.530. The second-order valence-corrected chi connectivity index (χ2v) is 7.06. The summed E-state index contributed by atoms with van der Waals surface area (Å²) >= 11 is 6.39. The van der Waals surface area contributed by atoms with Crippen LogP contribution in [0.1, 0.15) is 63.4 Å². The Morgan fingerprint density at radius 2 is 1.65 bits per heavy atom. The lowest BCUT2D eigenvalue weighted by Gasteiger charge is -2.46. The van der Waals surface area contributed by atoms with E-state index in [1.165, 1.54) is 38.5 Å². The van der Waals surface area contributed by atoms with Crippen LogP contribution in [0.4, 0.5) is 0 Å². The van der Waals surface area contributed by atoms with E-state index in [-0.39, 0.29) is 0 Å². The van der Waals surface area contributed by atoms with E-state index < -0.39 is 5.60 Å². The van der Waals surface area contributed by atoms with E-state index in [0.29, 0.717) is 11.8 Å². The first kappa shape index (κ1) is 14.4. The molecular formula is C18H25ClO. The molecule has 2 atom stereocenters. The third-order valence-electron chi connectivity index (χ3n) is 5.50. The van der Waals surface area contributed by atoms with Gasteiger partial charge in [-0.1, -0.05) is 74.7 Å². The highest BCUT2D eigenvalue weighted by Crippen LogP contribution is 2.50. The highest BCUT2D eigenvalue weighted by atomic mass is 35.5. The Kier molecular flexibility index (Phi) is 4.37. The van der Waals surface area contributed by atoms with Gasteiger partial charge < -0.3 is 5.11 Å². The van der Waals surface area contributed by atoms with Gasteiger partial charge in [0, 0.05) is 10.6 Å². The summed E-state index contributed by atoms with van der Waals surface area (Å²) in [5, 5.41) is 12.2. The number of halogens is 1. The van der Waals surface area contributed by atoms with Crippen molar-refractivity contribution in [1.29, 1.82) is 0 Å². The van der Waals surface area contributed by atoms with Gasteiger partial charge in [-0.15, -0.1) is 0 Å². The fourth-order valence-corrected chi connectivity index (χ4v) is 4.79. The van der Waals surface area contributed by atoms with Gasteiger partial charge in [0.05, 0.1) is 5.60 Å². The van der Waals surface area contributed by atoms with Crippen molar-refractivity contribution >= 4 is 11.6 Å². The topological polar surface area (TPSA) is 20.2 Å². The van der Waals surface area contributed by atoms with Crippen molar-refractivity contribution in [2.45, 2.75) is 63.4 Å². The minimum atomic E-state index is -0.696. The molecule has 2 saturated carbocycles. The van der Waals surface area contributed by atoms with E-state index in [1.54, 1.807) is 0 Å². The van der Waals surface area contributed by atoms with Crippen molar-refractivity contribution in [2.75, 3.05) is 0 Å². The van der Waals surface area contributed by atoms with Gasteiger partial charge in [-0.05, 0) is 30.7 Å². The molecule has 2 heteroatoms. The van der Waals surface area contributed by atoms with E-state index in [4.69, 9.17) is 11.6 Å². The van der Waals surface area contributed by atoms with Gasteiger partial charge in [0.1, 0.15) is 0 Å². The molecule has 20 heavy (non-hydrogen) atoms. The zero-order chi connectivity index (χ0) is 14.0. The van der Waals surface area contributed by atoms with Crippen molar-refractivity contribution in [2.24, 2.45) is 11.8 Å². The predicted molar refractivity (Wildman–Crippen MR) is 83.9 cm³/mol. The lowest BCUT2D eigenvalue weighted by atomic mass is 9.63. The first-order valence-corrected chi connectivity index (χ1v) is 8.57. The molecular weight excluding hydrogens is 268 g/mol. The molecule has 1 nitrogen and oxygen atoms in total. The highest BCUT2D eigenvalue weighted by molar-refractivity contribution is 6.31. The van der Waals surface area contributed by atoms with Crippen LogP contribution in [0.2, 0.25) is 5.02 Å². The molecule has 2 unspecified atom stereocenters. The maximum atomic E-state index is 11.5. The number of hydrogen-bond donors (Lipinski definition) is 1. The van der Waals surface area contributed by atoms with E-state index in [2.05, 4.69) is 0 Å². The van der Waals surface area contributed by atoms with Gasteiger partial charge in [0.15, 0.2) is 0 Å². The number of rotatable bonds is 2. The fourth-order valence-electron chi connectivity index (χ4n) is 4.49. The Morgan fingerprint density at radius 1 is 0.950 bits per heavy atom. The third-order valence-corrected chi connectivity index (χ3v) is 5.83. The van der Waals surface area contributed by atoms with Crippen LogP contribution in [-0.2, 0) is 5.60 Å². The molecule has 1 aromatic rings. The number of hydrogen-bond acceptors (Lipinski definition) is 1. The van der Waals surface area contributed by atoms with Crippen molar-refractivity contribution < 1.29 is 5.11 Å². The zero-order valence-electron chi connectivity index (χ0n) is 12.2. The normalized spacial score (nSPS) is 32.2. The van der Waals surface area contributed by atoms with Crippen LogP contribution in [-0.4, -0.2) is 5.11 Å². The number of benzene rings is 1. The molecule has 1 N–H and O–H groups in total. The van der Waals surface area contributed by atoms with Crippen LogP contribution >= 0.6 is 11.6 Å². The van der Waals surface area contributed by atoms with Crippen molar-refractivity contribution in [3.8, 4) is 0 Å². The molecule has 2 aliphatic rings. The van der Waals surface area contributed by atoms with E-state index in [0.717, 1.165) is 29.8 Å². The third kappa shape index (κ3) is 2.63. The highest BCUT2D eigenvalue weighted by Gasteiger charge is 2.45.